The van der Waals surface area contributed by atoms with E-state index < -0.39 is 0 Å². The first kappa shape index (κ1) is 15.5. The Morgan fingerprint density at radius 1 is 1.22 bits per heavy atom. The smallest absolute Gasteiger partial charge is 0.259 e. The van der Waals surface area contributed by atoms with E-state index in [9.17, 15) is 4.79 Å². The number of nitrogens with zero attached hydrogens (tertiary/aromatic N) is 2. The molecule has 1 aromatic heterocycles. The molecule has 1 amide bonds. The number of rotatable bonds is 5. The number of anilines is 1. The molecule has 0 aliphatic rings. The highest BCUT2D eigenvalue weighted by molar-refractivity contribution is 7.22. The minimum absolute atomic E-state index is 0.0969. The highest BCUT2D eigenvalue weighted by Crippen LogP contribution is 2.24. The van der Waals surface area contributed by atoms with E-state index in [1.165, 1.54) is 17.6 Å². The molecule has 0 saturated heterocycles. The molecule has 116 valence electrons. The van der Waals surface area contributed by atoms with Gasteiger partial charge in [-0.1, -0.05) is 53.3 Å². The number of aromatic nitrogens is 1. The maximum atomic E-state index is 11.8. The number of amides is 1. The van der Waals surface area contributed by atoms with Crippen LogP contribution in [0.15, 0.2) is 53.6 Å². The number of para-hydroxylation sites is 1. The molecule has 2 aromatic carbocycles. The summed E-state index contributed by atoms with van der Waals surface area (Å²) in [6.07, 6.45) is 1.51. The Hall–Kier alpha value is -2.44. The second kappa shape index (κ2) is 7.21. The summed E-state index contributed by atoms with van der Waals surface area (Å²) in [5.74, 6) is -0.257. The van der Waals surface area contributed by atoms with Gasteiger partial charge in [0.1, 0.15) is 0 Å². The lowest BCUT2D eigenvalue weighted by atomic mass is 10.2. The number of nitrogens with one attached hydrogen (secondary N) is 2. The third kappa shape index (κ3) is 4.06. The number of carbonyl (C=O) groups excluding carboxylic acids is 1. The van der Waals surface area contributed by atoms with Gasteiger partial charge in [0.05, 0.1) is 23.0 Å². The SMILES string of the molecule is O=C(CNc1nc2ccccc2s1)N/N=C\c1ccccc1Cl. The summed E-state index contributed by atoms with van der Waals surface area (Å²) in [5.41, 5.74) is 4.11. The van der Waals surface area contributed by atoms with Crippen LogP contribution in [0.2, 0.25) is 5.02 Å². The van der Waals surface area contributed by atoms with E-state index in [2.05, 4.69) is 20.8 Å². The molecule has 23 heavy (non-hydrogen) atoms. The van der Waals surface area contributed by atoms with Crippen molar-refractivity contribution >= 4 is 50.4 Å². The molecular formula is C16H13ClN4OS. The van der Waals surface area contributed by atoms with Gasteiger partial charge in [-0.3, -0.25) is 4.79 Å². The predicted octanol–water partition coefficient (Wildman–Crippen LogP) is 3.51. The van der Waals surface area contributed by atoms with Gasteiger partial charge in [-0.25, -0.2) is 10.4 Å². The molecule has 0 unspecified atom stereocenters. The number of hydrogen-bond donors (Lipinski definition) is 2. The molecule has 0 radical (unpaired) electrons. The van der Waals surface area contributed by atoms with Crippen molar-refractivity contribution in [2.75, 3.05) is 11.9 Å². The van der Waals surface area contributed by atoms with E-state index in [1.54, 1.807) is 6.07 Å². The van der Waals surface area contributed by atoms with Gasteiger partial charge in [-0.15, -0.1) is 0 Å². The van der Waals surface area contributed by atoms with Crippen LogP contribution in [0.25, 0.3) is 10.2 Å². The second-order valence-corrected chi connectivity index (χ2v) is 6.09. The molecule has 1 heterocycles. The van der Waals surface area contributed by atoms with Crippen LogP contribution in [-0.2, 0) is 4.79 Å². The zero-order chi connectivity index (χ0) is 16.1. The average molecular weight is 345 g/mol. The Morgan fingerprint density at radius 2 is 2.00 bits per heavy atom. The predicted molar refractivity (Wildman–Crippen MR) is 95.3 cm³/mol. The number of hydrazone groups is 1. The second-order valence-electron chi connectivity index (χ2n) is 4.65. The molecule has 0 fully saturated rings. The summed E-state index contributed by atoms with van der Waals surface area (Å²) in [6, 6.07) is 15.1. The molecule has 5 nitrogen and oxygen atoms in total. The largest absolute Gasteiger partial charge is 0.352 e. The van der Waals surface area contributed by atoms with Gasteiger partial charge in [0.25, 0.3) is 5.91 Å². The van der Waals surface area contributed by atoms with Gasteiger partial charge < -0.3 is 5.32 Å². The van der Waals surface area contributed by atoms with Gasteiger partial charge in [0, 0.05) is 10.6 Å². The van der Waals surface area contributed by atoms with Crippen LogP contribution in [0.5, 0.6) is 0 Å². The van der Waals surface area contributed by atoms with E-state index in [0.29, 0.717) is 10.2 Å². The van der Waals surface area contributed by atoms with Gasteiger partial charge in [0.2, 0.25) is 0 Å². The molecule has 2 N–H and O–H groups in total. The zero-order valence-electron chi connectivity index (χ0n) is 12.0. The fourth-order valence-electron chi connectivity index (χ4n) is 1.90. The van der Waals surface area contributed by atoms with Crippen LogP contribution in [0, 0.1) is 0 Å². The van der Waals surface area contributed by atoms with E-state index >= 15 is 0 Å². The summed E-state index contributed by atoms with van der Waals surface area (Å²) in [6.45, 7) is 0.0969. The lowest BCUT2D eigenvalue weighted by Crippen LogP contribution is -2.25. The maximum absolute atomic E-state index is 11.8. The lowest BCUT2D eigenvalue weighted by molar-refractivity contribution is -0.119. The first-order valence-corrected chi connectivity index (χ1v) is 8.08. The monoisotopic (exact) mass is 344 g/mol. The first-order chi connectivity index (χ1) is 11.2. The Balaban J connectivity index is 1.52. The lowest BCUT2D eigenvalue weighted by Gasteiger charge is -2.01. The maximum Gasteiger partial charge on any atom is 0.259 e. The van der Waals surface area contributed by atoms with Crippen LogP contribution >= 0.6 is 22.9 Å². The van der Waals surface area contributed by atoms with Crippen molar-refractivity contribution in [3.8, 4) is 0 Å². The fourth-order valence-corrected chi connectivity index (χ4v) is 2.94. The standard InChI is InChI=1S/C16H13ClN4OS/c17-12-6-2-1-5-11(12)9-19-21-15(22)10-18-16-20-13-7-3-4-8-14(13)23-16/h1-9H,10H2,(H,18,20)(H,21,22)/b19-9-. The number of fused-ring (bicyclic) bond motifs is 1. The number of halogens is 1. The molecule has 0 bridgehead atoms. The average Bonchev–Trinajstić information content (AvgIpc) is 2.98. The first-order valence-electron chi connectivity index (χ1n) is 6.88. The van der Waals surface area contributed by atoms with Crippen molar-refractivity contribution in [3.05, 3.63) is 59.1 Å². The highest BCUT2D eigenvalue weighted by Gasteiger charge is 2.05. The van der Waals surface area contributed by atoms with Gasteiger partial charge in [0.15, 0.2) is 5.13 Å². The number of thiazole rings is 1. The quantitative estimate of drug-likeness (QED) is 0.550. The fraction of sp³-hybridized carbons (Fsp3) is 0.0625. The van der Waals surface area contributed by atoms with Crippen LogP contribution < -0.4 is 10.7 Å². The van der Waals surface area contributed by atoms with E-state index in [1.807, 2.05) is 42.5 Å². The highest BCUT2D eigenvalue weighted by atomic mass is 35.5. The minimum atomic E-state index is -0.257. The molecule has 0 atom stereocenters. The summed E-state index contributed by atoms with van der Waals surface area (Å²) < 4.78 is 1.08. The number of hydrogen-bond acceptors (Lipinski definition) is 5. The molecule has 0 saturated carbocycles. The Kier molecular flexibility index (Phi) is 4.85. The molecule has 3 aromatic rings. The van der Waals surface area contributed by atoms with Crippen molar-refractivity contribution in [1.82, 2.24) is 10.4 Å². The Labute approximate surface area is 142 Å². The number of benzene rings is 2. The molecule has 0 spiro atoms. The zero-order valence-corrected chi connectivity index (χ0v) is 13.6. The molecular weight excluding hydrogens is 332 g/mol. The van der Waals surface area contributed by atoms with E-state index in [-0.39, 0.29) is 12.5 Å². The topological polar surface area (TPSA) is 66.4 Å². The minimum Gasteiger partial charge on any atom is -0.352 e. The third-order valence-electron chi connectivity index (χ3n) is 2.99. The van der Waals surface area contributed by atoms with Crippen molar-refractivity contribution in [2.24, 2.45) is 5.10 Å². The van der Waals surface area contributed by atoms with Crippen molar-refractivity contribution < 1.29 is 4.79 Å². The Bertz CT molecular complexity index is 829. The van der Waals surface area contributed by atoms with Crippen LogP contribution in [0.3, 0.4) is 0 Å². The summed E-state index contributed by atoms with van der Waals surface area (Å²) in [5, 5.41) is 8.17. The number of carbonyl (C=O) groups is 1. The Morgan fingerprint density at radius 3 is 2.83 bits per heavy atom. The summed E-state index contributed by atoms with van der Waals surface area (Å²) in [7, 11) is 0. The van der Waals surface area contributed by atoms with Crippen LogP contribution in [-0.4, -0.2) is 23.7 Å². The third-order valence-corrected chi connectivity index (χ3v) is 4.33. The molecule has 3 rings (SSSR count). The summed E-state index contributed by atoms with van der Waals surface area (Å²) >= 11 is 7.50. The van der Waals surface area contributed by atoms with Crippen molar-refractivity contribution in [3.63, 3.8) is 0 Å². The van der Waals surface area contributed by atoms with Crippen LogP contribution in [0.1, 0.15) is 5.56 Å². The molecule has 0 aliphatic carbocycles. The van der Waals surface area contributed by atoms with Gasteiger partial charge >= 0.3 is 0 Å². The van der Waals surface area contributed by atoms with Crippen LogP contribution in [0.4, 0.5) is 5.13 Å². The van der Waals surface area contributed by atoms with Gasteiger partial charge in [-0.05, 0) is 18.2 Å². The van der Waals surface area contributed by atoms with E-state index in [0.717, 1.165) is 15.8 Å². The van der Waals surface area contributed by atoms with E-state index in [4.69, 9.17) is 11.6 Å². The van der Waals surface area contributed by atoms with Gasteiger partial charge in [-0.2, -0.15) is 5.10 Å². The molecule has 7 heteroatoms. The molecule has 0 aliphatic heterocycles. The normalized spacial score (nSPS) is 11.0. The van der Waals surface area contributed by atoms with Crippen molar-refractivity contribution in [2.45, 2.75) is 0 Å². The summed E-state index contributed by atoms with van der Waals surface area (Å²) in [4.78, 5) is 16.2. The van der Waals surface area contributed by atoms with Crippen molar-refractivity contribution in [1.29, 1.82) is 0 Å².